The third-order valence-electron chi connectivity index (χ3n) is 7.25. The average Bonchev–Trinajstić information content (AvgIpc) is 3.49. The van der Waals surface area contributed by atoms with E-state index in [2.05, 4.69) is 15.6 Å². The molecule has 4 amide bonds. The first kappa shape index (κ1) is 32.5. The largest absolute Gasteiger partial charge is 0.490 e. The number of amides is 4. The molecule has 3 N–H and O–H groups in total. The Hall–Kier alpha value is -4.00. The van der Waals surface area contributed by atoms with E-state index in [4.69, 9.17) is 9.90 Å². The predicted octanol–water partition coefficient (Wildman–Crippen LogP) is 5.06. The number of hydrogen-bond donors (Lipinski definition) is 3. The lowest BCUT2D eigenvalue weighted by Gasteiger charge is -2.27. The first-order valence-corrected chi connectivity index (χ1v) is 13.6. The van der Waals surface area contributed by atoms with Crippen LogP contribution in [0.1, 0.15) is 70.4 Å². The highest BCUT2D eigenvalue weighted by molar-refractivity contribution is 6.23. The van der Waals surface area contributed by atoms with Crippen molar-refractivity contribution in [1.29, 1.82) is 0 Å². The molecule has 0 unspecified atom stereocenters. The maximum atomic E-state index is 13.5. The maximum Gasteiger partial charge on any atom is 0.490 e. The van der Waals surface area contributed by atoms with Gasteiger partial charge in [-0.05, 0) is 68.0 Å². The summed E-state index contributed by atoms with van der Waals surface area (Å²) in [5.41, 5.74) is 1.92. The summed E-state index contributed by atoms with van der Waals surface area (Å²) >= 11 is 0. The van der Waals surface area contributed by atoms with Crippen LogP contribution in [0.4, 0.5) is 29.3 Å². The van der Waals surface area contributed by atoms with Crippen molar-refractivity contribution in [2.75, 3.05) is 16.8 Å². The van der Waals surface area contributed by atoms with E-state index < -0.39 is 17.7 Å². The van der Waals surface area contributed by atoms with Gasteiger partial charge in [0.15, 0.2) is 0 Å². The van der Waals surface area contributed by atoms with E-state index in [1.165, 1.54) is 17.7 Å². The number of aromatic nitrogens is 1. The number of carboxylic acids is 1. The Kier molecular flexibility index (Phi) is 10.3. The molecule has 0 spiro atoms. The average molecular weight is 592 g/mol. The minimum atomic E-state index is -5.08. The molecule has 1 saturated carbocycles. The molecular formula is C29H36F3N5O5. The van der Waals surface area contributed by atoms with Crippen molar-refractivity contribution >= 4 is 35.2 Å². The Bertz CT molecular complexity index is 1290. The molecule has 42 heavy (non-hydrogen) atoms. The highest BCUT2D eigenvalue weighted by atomic mass is 19.4. The van der Waals surface area contributed by atoms with Gasteiger partial charge in [-0.3, -0.25) is 14.6 Å². The fourth-order valence-electron chi connectivity index (χ4n) is 4.86. The van der Waals surface area contributed by atoms with Gasteiger partial charge in [0, 0.05) is 30.7 Å². The number of imide groups is 1. The van der Waals surface area contributed by atoms with Crippen molar-refractivity contribution in [3.63, 3.8) is 0 Å². The van der Waals surface area contributed by atoms with Crippen LogP contribution >= 0.6 is 0 Å². The fraction of sp³-hybridized carbons (Fsp3) is 0.483. The fourth-order valence-corrected chi connectivity index (χ4v) is 4.86. The summed E-state index contributed by atoms with van der Waals surface area (Å²) in [6.07, 6.45) is 2.86. The third-order valence-corrected chi connectivity index (χ3v) is 7.25. The number of carbonyl (C=O) groups is 4. The number of nitrogens with zero attached hydrogens (tertiary/aromatic N) is 3. The molecular weight excluding hydrogens is 555 g/mol. The molecule has 10 nitrogen and oxygen atoms in total. The highest BCUT2D eigenvalue weighted by Gasteiger charge is 2.51. The van der Waals surface area contributed by atoms with E-state index in [9.17, 15) is 27.6 Å². The summed E-state index contributed by atoms with van der Waals surface area (Å²) in [6, 6.07) is 9.09. The smallest absolute Gasteiger partial charge is 0.475 e. The number of carboxylic acid groups (broad SMARTS) is 1. The van der Waals surface area contributed by atoms with Crippen LogP contribution in [0.2, 0.25) is 0 Å². The van der Waals surface area contributed by atoms with Gasteiger partial charge < -0.3 is 20.6 Å². The third kappa shape index (κ3) is 7.84. The van der Waals surface area contributed by atoms with E-state index in [1.807, 2.05) is 32.0 Å². The second-order valence-electron chi connectivity index (χ2n) is 11.1. The molecule has 13 heteroatoms. The molecule has 2 heterocycles. The lowest BCUT2D eigenvalue weighted by Crippen LogP contribution is -2.43. The van der Waals surface area contributed by atoms with Gasteiger partial charge in [0.25, 0.3) is 5.91 Å². The van der Waals surface area contributed by atoms with Crippen molar-refractivity contribution < 1.29 is 37.5 Å². The van der Waals surface area contributed by atoms with E-state index >= 15 is 0 Å². The molecule has 0 bridgehead atoms. The minimum absolute atomic E-state index is 0.130. The summed E-state index contributed by atoms with van der Waals surface area (Å²) in [6.45, 7) is 8.15. The number of aliphatic carboxylic acids is 1. The number of benzene rings is 1. The molecule has 1 aliphatic heterocycles. The lowest BCUT2D eigenvalue weighted by molar-refractivity contribution is -0.192. The van der Waals surface area contributed by atoms with E-state index in [0.717, 1.165) is 24.0 Å². The minimum Gasteiger partial charge on any atom is -0.475 e. The maximum absolute atomic E-state index is 13.5. The van der Waals surface area contributed by atoms with E-state index in [-0.39, 0.29) is 30.3 Å². The number of hydrogen-bond acceptors (Lipinski definition) is 6. The topological polar surface area (TPSA) is 132 Å². The van der Waals surface area contributed by atoms with Crippen LogP contribution in [0.25, 0.3) is 0 Å². The molecule has 2 aliphatic rings. The summed E-state index contributed by atoms with van der Waals surface area (Å²) < 4.78 is 31.7. The van der Waals surface area contributed by atoms with Crippen molar-refractivity contribution in [3.8, 4) is 0 Å². The number of halogens is 3. The van der Waals surface area contributed by atoms with Gasteiger partial charge in [-0.25, -0.2) is 14.5 Å². The molecule has 0 radical (unpaired) electrons. The number of nitrogens with one attached hydrogen (secondary N) is 2. The molecule has 1 aromatic carbocycles. The van der Waals surface area contributed by atoms with Crippen molar-refractivity contribution in [1.82, 2.24) is 15.2 Å². The molecule has 1 saturated heterocycles. The first-order chi connectivity index (χ1) is 19.6. The van der Waals surface area contributed by atoms with Gasteiger partial charge in [-0.2, -0.15) is 13.2 Å². The summed E-state index contributed by atoms with van der Waals surface area (Å²) in [7, 11) is 0. The normalized spacial score (nSPS) is 17.0. The summed E-state index contributed by atoms with van der Waals surface area (Å²) in [5, 5.41) is 13.5. The van der Waals surface area contributed by atoms with Crippen molar-refractivity contribution in [3.05, 3.63) is 53.9 Å². The Labute approximate surface area is 242 Å². The Morgan fingerprint density at radius 2 is 1.69 bits per heavy atom. The van der Waals surface area contributed by atoms with Gasteiger partial charge in [0.05, 0.1) is 12.2 Å². The zero-order chi connectivity index (χ0) is 31.2. The quantitative estimate of drug-likeness (QED) is 0.366. The highest BCUT2D eigenvalue weighted by Crippen LogP contribution is 2.36. The number of rotatable bonds is 8. The van der Waals surface area contributed by atoms with Crippen LogP contribution < -0.4 is 15.5 Å². The monoisotopic (exact) mass is 591 g/mol. The number of alkyl halides is 3. The van der Waals surface area contributed by atoms with Crippen LogP contribution in [-0.2, 0) is 20.9 Å². The molecule has 228 valence electrons. The van der Waals surface area contributed by atoms with Gasteiger partial charge in [0.2, 0.25) is 5.91 Å². The standard InChI is InChI=1S/C27H35N5O3.C2HF3O2/c1-18(2)22-10-9-21(15-23(22)30-24(33)16-29-20-7-5-6-8-20)32-25(34)27(3,4)31(26(32)35)17-19-11-13-28-14-12-19;3-2(4,5)1(6)7/h9-15,18,20,29H,5-8,16-17H2,1-4H3,(H,30,33);(H,6,7). The van der Waals surface area contributed by atoms with Crippen LogP contribution in [0.5, 0.6) is 0 Å². The number of anilines is 2. The molecule has 1 aliphatic carbocycles. The SMILES string of the molecule is CC(C)c1ccc(N2C(=O)N(Cc3ccncc3)C(C)(C)C2=O)cc1NC(=O)CNC1CCCC1.O=C(O)C(F)(F)F. The Morgan fingerprint density at radius 3 is 2.24 bits per heavy atom. The zero-order valence-electron chi connectivity index (χ0n) is 24.0. The zero-order valence-corrected chi connectivity index (χ0v) is 24.0. The second-order valence-corrected chi connectivity index (χ2v) is 11.1. The van der Waals surface area contributed by atoms with Gasteiger partial charge >= 0.3 is 18.2 Å². The first-order valence-electron chi connectivity index (χ1n) is 13.6. The Morgan fingerprint density at radius 1 is 1.10 bits per heavy atom. The predicted molar refractivity (Wildman–Crippen MR) is 150 cm³/mol. The summed E-state index contributed by atoms with van der Waals surface area (Å²) in [5.74, 6) is -3.03. The van der Waals surface area contributed by atoms with Crippen LogP contribution in [-0.4, -0.2) is 63.1 Å². The molecule has 0 atom stereocenters. The lowest BCUT2D eigenvalue weighted by atomic mass is 9.99. The van der Waals surface area contributed by atoms with Crippen molar-refractivity contribution in [2.45, 2.75) is 83.6 Å². The van der Waals surface area contributed by atoms with Crippen LogP contribution in [0.15, 0.2) is 42.7 Å². The van der Waals surface area contributed by atoms with Crippen LogP contribution in [0.3, 0.4) is 0 Å². The van der Waals surface area contributed by atoms with Gasteiger partial charge in [0.1, 0.15) is 5.54 Å². The van der Waals surface area contributed by atoms with Crippen LogP contribution in [0, 0.1) is 0 Å². The summed E-state index contributed by atoms with van der Waals surface area (Å²) in [4.78, 5) is 55.3. The number of carbonyl (C=O) groups excluding carboxylic acids is 3. The van der Waals surface area contributed by atoms with Gasteiger partial charge in [-0.1, -0.05) is 32.8 Å². The Balaban J connectivity index is 0.000000616. The number of pyridine rings is 1. The molecule has 2 aromatic rings. The van der Waals surface area contributed by atoms with E-state index in [1.54, 1.807) is 43.3 Å². The van der Waals surface area contributed by atoms with E-state index in [0.29, 0.717) is 24.0 Å². The molecule has 2 fully saturated rings. The molecule has 4 rings (SSSR count). The van der Waals surface area contributed by atoms with Gasteiger partial charge in [-0.15, -0.1) is 0 Å². The second kappa shape index (κ2) is 13.3. The molecule has 1 aromatic heterocycles. The van der Waals surface area contributed by atoms with Crippen molar-refractivity contribution in [2.24, 2.45) is 0 Å². The number of urea groups is 1.